The molecule has 11 heavy (non-hydrogen) atoms. The van der Waals surface area contributed by atoms with Crippen molar-refractivity contribution in [3.63, 3.8) is 0 Å². The van der Waals surface area contributed by atoms with Crippen LogP contribution in [0.25, 0.3) is 0 Å². The zero-order valence-electron chi connectivity index (χ0n) is 5.31. The fourth-order valence-corrected chi connectivity index (χ4v) is 0.513. The van der Waals surface area contributed by atoms with E-state index >= 15 is 0 Å². The van der Waals surface area contributed by atoms with E-state index in [1.54, 1.807) is 0 Å². The third kappa shape index (κ3) is 2.09. The molecule has 5 heteroatoms. The van der Waals surface area contributed by atoms with Gasteiger partial charge in [0.1, 0.15) is 0 Å². The van der Waals surface area contributed by atoms with Crippen molar-refractivity contribution in [3.05, 3.63) is 24.2 Å². The van der Waals surface area contributed by atoms with E-state index in [1.165, 1.54) is 18.4 Å². The highest BCUT2D eigenvalue weighted by molar-refractivity contribution is 6.38. The second-order valence-electron chi connectivity index (χ2n) is 1.61. The van der Waals surface area contributed by atoms with Gasteiger partial charge < -0.3 is 9.52 Å². The molecule has 0 saturated carbocycles. The van der Waals surface area contributed by atoms with Crippen LogP contribution in [0.5, 0.6) is 0 Å². The molecule has 0 fully saturated rings. The van der Waals surface area contributed by atoms with Gasteiger partial charge in [-0.15, -0.1) is 12.4 Å². The molecular weight excluding hydrogens is 172 g/mol. The molecular formula is C6H5ClO4. The molecule has 1 rings (SSSR count). The zero-order valence-corrected chi connectivity index (χ0v) is 6.13. The summed E-state index contributed by atoms with van der Waals surface area (Å²) in [6.07, 6.45) is 1.25. The largest absolute Gasteiger partial charge is 0.475 e. The first-order valence-electron chi connectivity index (χ1n) is 2.53. The third-order valence-corrected chi connectivity index (χ3v) is 0.939. The Kier molecular flexibility index (Phi) is 3.33. The van der Waals surface area contributed by atoms with Crippen LogP contribution in [0.4, 0.5) is 0 Å². The molecule has 0 radical (unpaired) electrons. The van der Waals surface area contributed by atoms with Crippen molar-refractivity contribution >= 4 is 24.2 Å². The average Bonchev–Trinajstić information content (AvgIpc) is 2.36. The number of carboxylic acid groups (broad SMARTS) is 1. The summed E-state index contributed by atoms with van der Waals surface area (Å²) in [6.45, 7) is 0. The summed E-state index contributed by atoms with van der Waals surface area (Å²) in [5.41, 5.74) is 0. The maximum atomic E-state index is 10.5. The summed E-state index contributed by atoms with van der Waals surface area (Å²) in [5.74, 6) is -2.67. The average molecular weight is 177 g/mol. The molecule has 4 nitrogen and oxygen atoms in total. The van der Waals surface area contributed by atoms with E-state index in [4.69, 9.17) is 5.11 Å². The van der Waals surface area contributed by atoms with Gasteiger partial charge in [-0.3, -0.25) is 4.79 Å². The summed E-state index contributed by atoms with van der Waals surface area (Å²) < 4.78 is 4.53. The molecule has 1 aromatic heterocycles. The molecule has 0 spiro atoms. The van der Waals surface area contributed by atoms with Crippen molar-refractivity contribution in [1.29, 1.82) is 0 Å². The molecule has 0 unspecified atom stereocenters. The Morgan fingerprint density at radius 3 is 2.45 bits per heavy atom. The quantitative estimate of drug-likeness (QED) is 0.539. The van der Waals surface area contributed by atoms with Crippen LogP contribution in [0.2, 0.25) is 0 Å². The summed E-state index contributed by atoms with van der Waals surface area (Å²) in [7, 11) is 0. The molecule has 0 aliphatic heterocycles. The smallest absolute Gasteiger partial charge is 0.380 e. The van der Waals surface area contributed by atoms with Gasteiger partial charge in [0.2, 0.25) is 0 Å². The topological polar surface area (TPSA) is 67.5 Å². The van der Waals surface area contributed by atoms with Crippen molar-refractivity contribution in [2.24, 2.45) is 0 Å². The summed E-state index contributed by atoms with van der Waals surface area (Å²) >= 11 is 0. The monoisotopic (exact) mass is 176 g/mol. The van der Waals surface area contributed by atoms with Crippen LogP contribution in [-0.4, -0.2) is 16.9 Å². The van der Waals surface area contributed by atoms with Gasteiger partial charge in [0, 0.05) is 0 Å². The number of ketones is 1. The highest BCUT2D eigenvalue weighted by Crippen LogP contribution is 2.00. The number of Topliss-reactive ketones (excluding diaryl/α,β-unsaturated/α-hetero) is 1. The van der Waals surface area contributed by atoms with Crippen LogP contribution in [0.15, 0.2) is 22.8 Å². The normalized spacial score (nSPS) is 8.36. The molecule has 1 aromatic rings. The molecule has 0 aliphatic carbocycles. The molecule has 60 valence electrons. The number of furan rings is 1. The predicted molar refractivity (Wildman–Crippen MR) is 37.9 cm³/mol. The standard InChI is InChI=1S/C6H4O4.ClH/c7-5(6(8)9)4-2-1-3-10-4;/h1-3H,(H,8,9);1H. The zero-order chi connectivity index (χ0) is 7.56. The predicted octanol–water partition coefficient (Wildman–Crippen LogP) is 0.969. The Labute approximate surface area is 68.2 Å². The van der Waals surface area contributed by atoms with Crippen LogP contribution >= 0.6 is 12.4 Å². The minimum Gasteiger partial charge on any atom is -0.475 e. The van der Waals surface area contributed by atoms with Gasteiger partial charge in [0.15, 0.2) is 5.76 Å². The van der Waals surface area contributed by atoms with Crippen LogP contribution in [0, 0.1) is 0 Å². The second kappa shape index (κ2) is 3.78. The highest BCUT2D eigenvalue weighted by Gasteiger charge is 2.16. The highest BCUT2D eigenvalue weighted by atomic mass is 35.5. The van der Waals surface area contributed by atoms with Gasteiger partial charge in [-0.25, -0.2) is 4.79 Å². The molecule has 0 atom stereocenters. The van der Waals surface area contributed by atoms with E-state index in [0.717, 1.165) is 0 Å². The Balaban J connectivity index is 0.000001000. The van der Waals surface area contributed by atoms with E-state index < -0.39 is 11.8 Å². The van der Waals surface area contributed by atoms with Gasteiger partial charge >= 0.3 is 11.8 Å². The van der Waals surface area contributed by atoms with Crippen LogP contribution in [0.3, 0.4) is 0 Å². The number of hydrogen-bond acceptors (Lipinski definition) is 3. The summed E-state index contributed by atoms with van der Waals surface area (Å²) in [6, 6.07) is 2.76. The minimum absolute atomic E-state index is 0. The molecule has 0 amide bonds. The summed E-state index contributed by atoms with van der Waals surface area (Å²) in [5, 5.41) is 8.14. The Bertz CT molecular complexity index is 252. The van der Waals surface area contributed by atoms with Gasteiger partial charge in [-0.2, -0.15) is 0 Å². The van der Waals surface area contributed by atoms with Crippen molar-refractivity contribution in [1.82, 2.24) is 0 Å². The fourth-order valence-electron chi connectivity index (χ4n) is 0.513. The molecule has 0 bridgehead atoms. The lowest BCUT2D eigenvalue weighted by atomic mass is 10.3. The number of carboxylic acids is 1. The molecule has 0 saturated heterocycles. The van der Waals surface area contributed by atoms with Crippen molar-refractivity contribution in [3.8, 4) is 0 Å². The second-order valence-corrected chi connectivity index (χ2v) is 1.61. The van der Waals surface area contributed by atoms with E-state index in [9.17, 15) is 9.59 Å². The molecule has 1 heterocycles. The van der Waals surface area contributed by atoms with Crippen molar-refractivity contribution in [2.45, 2.75) is 0 Å². The Morgan fingerprint density at radius 1 is 1.45 bits per heavy atom. The van der Waals surface area contributed by atoms with Crippen LogP contribution < -0.4 is 0 Å². The number of hydrogen-bond donors (Lipinski definition) is 1. The molecule has 0 aromatic carbocycles. The molecule has 1 N–H and O–H groups in total. The van der Waals surface area contributed by atoms with Crippen molar-refractivity contribution < 1.29 is 19.1 Å². The SMILES string of the molecule is Cl.O=C(O)C(=O)c1ccco1. The first kappa shape index (κ1) is 9.71. The number of carbonyl (C=O) groups excluding carboxylic acids is 1. The minimum atomic E-state index is -1.50. The van der Waals surface area contributed by atoms with Gasteiger partial charge in [-0.1, -0.05) is 0 Å². The van der Waals surface area contributed by atoms with Crippen molar-refractivity contribution in [2.75, 3.05) is 0 Å². The van der Waals surface area contributed by atoms with Gasteiger partial charge in [-0.05, 0) is 12.1 Å². The first-order valence-corrected chi connectivity index (χ1v) is 2.53. The first-order chi connectivity index (χ1) is 4.72. The number of carbonyl (C=O) groups is 2. The van der Waals surface area contributed by atoms with Gasteiger partial charge in [0.05, 0.1) is 6.26 Å². The fraction of sp³-hybridized carbons (Fsp3) is 0. The summed E-state index contributed by atoms with van der Waals surface area (Å²) in [4.78, 5) is 20.5. The number of aliphatic carboxylic acids is 1. The Hall–Kier alpha value is -1.29. The lowest BCUT2D eigenvalue weighted by Crippen LogP contribution is -2.11. The number of halogens is 1. The maximum absolute atomic E-state index is 10.5. The lowest BCUT2D eigenvalue weighted by molar-refractivity contribution is -0.131. The lowest BCUT2D eigenvalue weighted by Gasteiger charge is -1.84. The Morgan fingerprint density at radius 2 is 2.09 bits per heavy atom. The third-order valence-electron chi connectivity index (χ3n) is 0.939. The van der Waals surface area contributed by atoms with Crippen LogP contribution in [0.1, 0.15) is 10.6 Å². The molecule has 0 aliphatic rings. The van der Waals surface area contributed by atoms with E-state index in [1.807, 2.05) is 0 Å². The van der Waals surface area contributed by atoms with E-state index in [2.05, 4.69) is 4.42 Å². The number of rotatable bonds is 2. The van der Waals surface area contributed by atoms with E-state index in [0.29, 0.717) is 0 Å². The van der Waals surface area contributed by atoms with Gasteiger partial charge in [0.25, 0.3) is 0 Å². The van der Waals surface area contributed by atoms with E-state index in [-0.39, 0.29) is 18.2 Å². The van der Waals surface area contributed by atoms with Crippen LogP contribution in [-0.2, 0) is 4.79 Å². The maximum Gasteiger partial charge on any atom is 0.380 e.